The van der Waals surface area contributed by atoms with Crippen LogP contribution in [0.25, 0.3) is 0 Å². The first-order valence-electron chi connectivity index (χ1n) is 9.15. The molecule has 1 aromatic rings. The van der Waals surface area contributed by atoms with Crippen LogP contribution in [0.15, 0.2) is 24.3 Å². The Morgan fingerprint density at radius 1 is 1.09 bits per heavy atom. The fourth-order valence-electron chi connectivity index (χ4n) is 3.67. The molecule has 1 aliphatic rings. The van der Waals surface area contributed by atoms with E-state index in [0.29, 0.717) is 5.92 Å². The van der Waals surface area contributed by atoms with Crippen molar-refractivity contribution in [1.29, 1.82) is 0 Å². The van der Waals surface area contributed by atoms with Crippen molar-refractivity contribution in [2.75, 3.05) is 26.2 Å². The highest BCUT2D eigenvalue weighted by molar-refractivity contribution is 5.28. The SMILES string of the molecule is CCN(CC)CCOC(c1ccccc1C)C1CCCCC1. The van der Waals surface area contributed by atoms with Gasteiger partial charge in [-0.3, -0.25) is 0 Å². The summed E-state index contributed by atoms with van der Waals surface area (Å²) in [7, 11) is 0. The number of hydrogen-bond acceptors (Lipinski definition) is 2. The molecule has 0 radical (unpaired) electrons. The summed E-state index contributed by atoms with van der Waals surface area (Å²) in [6, 6.07) is 8.78. The maximum Gasteiger partial charge on any atom is 0.0856 e. The minimum atomic E-state index is 0.289. The molecule has 1 aromatic carbocycles. The Hall–Kier alpha value is -0.860. The Morgan fingerprint density at radius 3 is 2.41 bits per heavy atom. The van der Waals surface area contributed by atoms with Crippen LogP contribution in [-0.2, 0) is 4.74 Å². The second kappa shape index (κ2) is 9.32. The van der Waals surface area contributed by atoms with E-state index in [9.17, 15) is 0 Å². The van der Waals surface area contributed by atoms with E-state index in [1.165, 1.54) is 43.2 Å². The molecule has 0 aliphatic heterocycles. The van der Waals surface area contributed by atoms with Crippen LogP contribution in [0.1, 0.15) is 63.2 Å². The van der Waals surface area contributed by atoms with E-state index in [2.05, 4.69) is 49.9 Å². The Bertz CT molecular complexity index is 421. The van der Waals surface area contributed by atoms with E-state index in [-0.39, 0.29) is 6.10 Å². The molecule has 22 heavy (non-hydrogen) atoms. The fraction of sp³-hybridized carbons (Fsp3) is 0.700. The molecule has 1 fully saturated rings. The molecule has 0 spiro atoms. The highest BCUT2D eigenvalue weighted by Crippen LogP contribution is 2.37. The van der Waals surface area contributed by atoms with Crippen LogP contribution in [0.2, 0.25) is 0 Å². The summed E-state index contributed by atoms with van der Waals surface area (Å²) < 4.78 is 6.44. The first-order valence-corrected chi connectivity index (χ1v) is 9.15. The predicted octanol–water partition coefficient (Wildman–Crippen LogP) is 4.97. The quantitative estimate of drug-likeness (QED) is 0.672. The van der Waals surface area contributed by atoms with Gasteiger partial charge in [-0.15, -0.1) is 0 Å². The van der Waals surface area contributed by atoms with Crippen molar-refractivity contribution in [1.82, 2.24) is 4.90 Å². The number of likely N-dealkylation sites (N-methyl/N-ethyl adjacent to an activating group) is 1. The van der Waals surface area contributed by atoms with Gasteiger partial charge in [-0.2, -0.15) is 0 Å². The van der Waals surface area contributed by atoms with E-state index < -0.39 is 0 Å². The molecule has 0 aromatic heterocycles. The van der Waals surface area contributed by atoms with Gasteiger partial charge in [0.15, 0.2) is 0 Å². The largest absolute Gasteiger partial charge is 0.372 e. The third-order valence-corrected chi connectivity index (χ3v) is 5.17. The summed E-state index contributed by atoms with van der Waals surface area (Å²) >= 11 is 0. The van der Waals surface area contributed by atoms with Gasteiger partial charge in [-0.1, -0.05) is 57.4 Å². The maximum absolute atomic E-state index is 6.44. The number of aryl methyl sites for hydroxylation is 1. The Morgan fingerprint density at radius 2 is 1.77 bits per heavy atom. The van der Waals surface area contributed by atoms with Gasteiger partial charge in [0, 0.05) is 6.54 Å². The molecule has 124 valence electrons. The molecule has 2 nitrogen and oxygen atoms in total. The van der Waals surface area contributed by atoms with Crippen LogP contribution in [0.5, 0.6) is 0 Å². The number of hydrogen-bond donors (Lipinski definition) is 0. The third-order valence-electron chi connectivity index (χ3n) is 5.17. The molecule has 1 aliphatic carbocycles. The zero-order chi connectivity index (χ0) is 15.8. The maximum atomic E-state index is 6.44. The monoisotopic (exact) mass is 303 g/mol. The molecule has 1 saturated carbocycles. The number of benzene rings is 1. The van der Waals surface area contributed by atoms with E-state index in [0.717, 1.165) is 26.2 Å². The second-order valence-corrected chi connectivity index (χ2v) is 6.57. The van der Waals surface area contributed by atoms with Gasteiger partial charge in [-0.25, -0.2) is 0 Å². The lowest BCUT2D eigenvalue weighted by molar-refractivity contribution is -0.0103. The average Bonchev–Trinajstić information content (AvgIpc) is 2.57. The molecule has 0 bridgehead atoms. The lowest BCUT2D eigenvalue weighted by Crippen LogP contribution is -2.29. The number of nitrogens with zero attached hydrogens (tertiary/aromatic N) is 1. The minimum Gasteiger partial charge on any atom is -0.372 e. The molecule has 1 unspecified atom stereocenters. The van der Waals surface area contributed by atoms with Gasteiger partial charge >= 0.3 is 0 Å². The fourth-order valence-corrected chi connectivity index (χ4v) is 3.67. The molecule has 0 heterocycles. The molecule has 0 saturated heterocycles. The minimum absolute atomic E-state index is 0.289. The number of rotatable bonds is 8. The molecular formula is C20H33NO. The van der Waals surface area contributed by atoms with Crippen molar-refractivity contribution < 1.29 is 4.74 Å². The summed E-state index contributed by atoms with van der Waals surface area (Å²) in [6.07, 6.45) is 7.07. The van der Waals surface area contributed by atoms with Gasteiger partial charge in [0.2, 0.25) is 0 Å². The molecule has 2 rings (SSSR count). The molecule has 1 atom stereocenters. The van der Waals surface area contributed by atoms with E-state index in [1.54, 1.807) is 0 Å². The van der Waals surface area contributed by atoms with Crippen molar-refractivity contribution in [3.8, 4) is 0 Å². The molecule has 2 heteroatoms. The molecule has 0 N–H and O–H groups in total. The lowest BCUT2D eigenvalue weighted by Gasteiger charge is -2.32. The van der Waals surface area contributed by atoms with Gasteiger partial charge in [0.25, 0.3) is 0 Å². The van der Waals surface area contributed by atoms with E-state index in [4.69, 9.17) is 4.74 Å². The smallest absolute Gasteiger partial charge is 0.0856 e. The summed E-state index contributed by atoms with van der Waals surface area (Å²) in [4.78, 5) is 2.44. The van der Waals surface area contributed by atoms with Gasteiger partial charge in [-0.05, 0) is 49.9 Å². The molecule has 0 amide bonds. The van der Waals surface area contributed by atoms with Crippen LogP contribution < -0.4 is 0 Å². The Kier molecular flexibility index (Phi) is 7.41. The summed E-state index contributed by atoms with van der Waals surface area (Å²) in [5, 5.41) is 0. The van der Waals surface area contributed by atoms with E-state index >= 15 is 0 Å². The summed E-state index contributed by atoms with van der Waals surface area (Å²) in [5.41, 5.74) is 2.79. The van der Waals surface area contributed by atoms with Crippen molar-refractivity contribution >= 4 is 0 Å². The predicted molar refractivity (Wildman–Crippen MR) is 94.2 cm³/mol. The van der Waals surface area contributed by atoms with Crippen LogP contribution in [0, 0.1) is 12.8 Å². The van der Waals surface area contributed by atoms with E-state index in [1.807, 2.05) is 0 Å². The second-order valence-electron chi connectivity index (χ2n) is 6.57. The molecular weight excluding hydrogens is 270 g/mol. The van der Waals surface area contributed by atoms with Crippen molar-refractivity contribution in [3.05, 3.63) is 35.4 Å². The van der Waals surface area contributed by atoms with Crippen LogP contribution in [0.4, 0.5) is 0 Å². The highest BCUT2D eigenvalue weighted by Gasteiger charge is 2.26. The lowest BCUT2D eigenvalue weighted by atomic mass is 9.81. The van der Waals surface area contributed by atoms with Crippen molar-refractivity contribution in [2.45, 2.75) is 59.0 Å². The Labute approximate surface area is 136 Å². The van der Waals surface area contributed by atoms with Gasteiger partial charge in [0.05, 0.1) is 12.7 Å². The average molecular weight is 303 g/mol. The van der Waals surface area contributed by atoms with Gasteiger partial charge in [0.1, 0.15) is 0 Å². The first-order chi connectivity index (χ1) is 10.8. The highest BCUT2D eigenvalue weighted by atomic mass is 16.5. The zero-order valence-corrected chi connectivity index (χ0v) is 14.7. The zero-order valence-electron chi connectivity index (χ0n) is 14.7. The Balaban J connectivity index is 2.03. The third kappa shape index (κ3) is 4.82. The summed E-state index contributed by atoms with van der Waals surface area (Å²) in [5.74, 6) is 0.701. The van der Waals surface area contributed by atoms with Crippen LogP contribution in [-0.4, -0.2) is 31.1 Å². The first kappa shape index (κ1) is 17.5. The van der Waals surface area contributed by atoms with Crippen LogP contribution in [0.3, 0.4) is 0 Å². The topological polar surface area (TPSA) is 12.5 Å². The number of ether oxygens (including phenoxy) is 1. The van der Waals surface area contributed by atoms with Gasteiger partial charge < -0.3 is 9.64 Å². The van der Waals surface area contributed by atoms with Crippen molar-refractivity contribution in [2.24, 2.45) is 5.92 Å². The van der Waals surface area contributed by atoms with Crippen LogP contribution >= 0.6 is 0 Å². The summed E-state index contributed by atoms with van der Waals surface area (Å²) in [6.45, 7) is 10.8. The normalized spacial score (nSPS) is 17.8. The van der Waals surface area contributed by atoms with Crippen molar-refractivity contribution in [3.63, 3.8) is 0 Å². The standard InChI is InChI=1S/C20H33NO/c1-4-21(5-2)15-16-22-20(18-12-7-6-8-13-18)19-14-10-9-11-17(19)3/h9-11,14,18,20H,4-8,12-13,15-16H2,1-3H3.